The topological polar surface area (TPSA) is 69.6 Å². The molecule has 6 heteroatoms. The van der Waals surface area contributed by atoms with Crippen molar-refractivity contribution in [3.63, 3.8) is 0 Å². The van der Waals surface area contributed by atoms with E-state index in [4.69, 9.17) is 5.11 Å². The molecule has 1 N–H and O–H groups in total. The van der Waals surface area contributed by atoms with E-state index in [9.17, 15) is 4.79 Å². The van der Waals surface area contributed by atoms with Crippen LogP contribution in [0.3, 0.4) is 0 Å². The third-order valence-corrected chi connectivity index (χ3v) is 1.97. The first kappa shape index (κ1) is 10.2. The van der Waals surface area contributed by atoms with E-state index >= 15 is 0 Å². The zero-order valence-corrected chi connectivity index (χ0v) is 8.39. The maximum absolute atomic E-state index is 10.5. The van der Waals surface area contributed by atoms with E-state index in [1.54, 1.807) is 53.2 Å². The summed E-state index contributed by atoms with van der Waals surface area (Å²) in [4.78, 5) is 21.9. The SMILES string of the molecule is O=C(O)CN1C=CN(c2cnccn2)C=C1. The summed E-state index contributed by atoms with van der Waals surface area (Å²) >= 11 is 0. The fraction of sp³-hybridized carbons (Fsp3) is 0.100. The molecule has 1 aliphatic rings. The van der Waals surface area contributed by atoms with Gasteiger partial charge in [-0.05, 0) is 0 Å². The summed E-state index contributed by atoms with van der Waals surface area (Å²) in [5.41, 5.74) is 0. The van der Waals surface area contributed by atoms with Crippen LogP contribution in [0.4, 0.5) is 5.82 Å². The van der Waals surface area contributed by atoms with Crippen molar-refractivity contribution in [2.24, 2.45) is 0 Å². The average molecular weight is 218 g/mol. The number of carboxylic acid groups (broad SMARTS) is 1. The first-order valence-corrected chi connectivity index (χ1v) is 4.64. The van der Waals surface area contributed by atoms with Crippen LogP contribution in [0.25, 0.3) is 0 Å². The van der Waals surface area contributed by atoms with Crippen molar-refractivity contribution < 1.29 is 9.90 Å². The molecule has 0 aromatic carbocycles. The second kappa shape index (κ2) is 4.43. The summed E-state index contributed by atoms with van der Waals surface area (Å²) in [6.45, 7) is -0.0543. The number of hydrogen-bond donors (Lipinski definition) is 1. The van der Waals surface area contributed by atoms with Crippen LogP contribution >= 0.6 is 0 Å². The number of anilines is 1. The van der Waals surface area contributed by atoms with E-state index in [-0.39, 0.29) is 6.54 Å². The molecule has 1 aliphatic heterocycles. The number of carboxylic acids is 1. The Labute approximate surface area is 92.2 Å². The van der Waals surface area contributed by atoms with Gasteiger partial charge in [-0.15, -0.1) is 0 Å². The molecule has 0 saturated heterocycles. The van der Waals surface area contributed by atoms with Crippen LogP contribution < -0.4 is 4.90 Å². The van der Waals surface area contributed by atoms with Crippen molar-refractivity contribution in [3.05, 3.63) is 43.4 Å². The molecular weight excluding hydrogens is 208 g/mol. The number of aromatic nitrogens is 2. The van der Waals surface area contributed by atoms with Crippen molar-refractivity contribution in [1.29, 1.82) is 0 Å². The van der Waals surface area contributed by atoms with Gasteiger partial charge in [0.2, 0.25) is 0 Å². The van der Waals surface area contributed by atoms with E-state index in [1.807, 2.05) is 0 Å². The van der Waals surface area contributed by atoms with Crippen molar-refractivity contribution in [2.45, 2.75) is 0 Å². The highest BCUT2D eigenvalue weighted by molar-refractivity contribution is 5.69. The lowest BCUT2D eigenvalue weighted by Crippen LogP contribution is -2.24. The number of carbonyl (C=O) groups is 1. The lowest BCUT2D eigenvalue weighted by atomic mass is 10.4. The van der Waals surface area contributed by atoms with E-state index in [0.717, 1.165) is 0 Å². The Morgan fingerprint density at radius 2 is 2.00 bits per heavy atom. The maximum atomic E-state index is 10.5. The zero-order valence-electron chi connectivity index (χ0n) is 8.39. The van der Waals surface area contributed by atoms with Gasteiger partial charge >= 0.3 is 5.97 Å². The molecule has 0 fully saturated rings. The van der Waals surface area contributed by atoms with Gasteiger partial charge in [-0.3, -0.25) is 9.78 Å². The molecule has 0 saturated carbocycles. The number of aliphatic carboxylic acids is 1. The van der Waals surface area contributed by atoms with Gasteiger partial charge in [-0.1, -0.05) is 0 Å². The predicted molar refractivity (Wildman–Crippen MR) is 57.1 cm³/mol. The second-order valence-electron chi connectivity index (χ2n) is 3.13. The zero-order chi connectivity index (χ0) is 11.4. The minimum absolute atomic E-state index is 0.0543. The third-order valence-electron chi connectivity index (χ3n) is 1.97. The fourth-order valence-electron chi connectivity index (χ4n) is 1.25. The van der Waals surface area contributed by atoms with Gasteiger partial charge in [0.15, 0.2) is 5.82 Å². The van der Waals surface area contributed by atoms with E-state index in [1.165, 1.54) is 0 Å². The largest absolute Gasteiger partial charge is 0.480 e. The summed E-state index contributed by atoms with van der Waals surface area (Å²) in [5, 5.41) is 8.60. The van der Waals surface area contributed by atoms with Crippen LogP contribution in [0, 0.1) is 0 Å². The molecule has 1 aromatic rings. The van der Waals surface area contributed by atoms with Gasteiger partial charge in [-0.2, -0.15) is 0 Å². The van der Waals surface area contributed by atoms with Gasteiger partial charge in [0.05, 0.1) is 6.20 Å². The number of rotatable bonds is 3. The molecule has 82 valence electrons. The van der Waals surface area contributed by atoms with Crippen molar-refractivity contribution >= 4 is 11.8 Å². The van der Waals surface area contributed by atoms with Crippen LogP contribution in [0.15, 0.2) is 43.4 Å². The van der Waals surface area contributed by atoms with Gasteiger partial charge < -0.3 is 14.9 Å². The standard InChI is InChI=1S/C10H10N4O2/c15-10(16)8-13-3-5-14(6-4-13)9-7-11-1-2-12-9/h1-7H,8H2,(H,15,16). The minimum Gasteiger partial charge on any atom is -0.480 e. The quantitative estimate of drug-likeness (QED) is 0.802. The van der Waals surface area contributed by atoms with E-state index in [0.29, 0.717) is 5.82 Å². The molecule has 2 heterocycles. The Morgan fingerprint density at radius 3 is 2.56 bits per heavy atom. The van der Waals surface area contributed by atoms with Crippen LogP contribution in [-0.2, 0) is 4.79 Å². The molecule has 0 spiro atoms. The van der Waals surface area contributed by atoms with Crippen LogP contribution in [0.2, 0.25) is 0 Å². The molecule has 0 atom stereocenters. The number of nitrogens with zero attached hydrogens (tertiary/aromatic N) is 4. The summed E-state index contributed by atoms with van der Waals surface area (Å²) in [6, 6.07) is 0. The summed E-state index contributed by atoms with van der Waals surface area (Å²) in [5.74, 6) is -0.188. The Morgan fingerprint density at radius 1 is 1.25 bits per heavy atom. The van der Waals surface area contributed by atoms with Crippen molar-refractivity contribution in [2.75, 3.05) is 11.4 Å². The van der Waals surface area contributed by atoms with Crippen molar-refractivity contribution in [3.8, 4) is 0 Å². The first-order valence-electron chi connectivity index (χ1n) is 4.64. The molecule has 0 radical (unpaired) electrons. The van der Waals surface area contributed by atoms with Crippen LogP contribution in [-0.4, -0.2) is 32.5 Å². The molecule has 1 aromatic heterocycles. The lowest BCUT2D eigenvalue weighted by Gasteiger charge is -2.22. The van der Waals surface area contributed by atoms with Crippen molar-refractivity contribution in [1.82, 2.24) is 14.9 Å². The molecule has 0 aliphatic carbocycles. The molecule has 0 amide bonds. The molecular formula is C10H10N4O2. The summed E-state index contributed by atoms with van der Waals surface area (Å²) in [7, 11) is 0. The first-order chi connectivity index (χ1) is 7.75. The molecule has 6 nitrogen and oxygen atoms in total. The molecule has 16 heavy (non-hydrogen) atoms. The van der Waals surface area contributed by atoms with Gasteiger partial charge in [-0.25, -0.2) is 4.98 Å². The summed E-state index contributed by atoms with van der Waals surface area (Å²) in [6.07, 6.45) is 11.6. The van der Waals surface area contributed by atoms with Gasteiger partial charge in [0, 0.05) is 37.2 Å². The Hall–Kier alpha value is -2.37. The highest BCUT2D eigenvalue weighted by Crippen LogP contribution is 2.12. The summed E-state index contributed by atoms with van der Waals surface area (Å²) < 4.78 is 0. The fourth-order valence-corrected chi connectivity index (χ4v) is 1.25. The second-order valence-corrected chi connectivity index (χ2v) is 3.13. The Kier molecular flexibility index (Phi) is 2.81. The monoisotopic (exact) mass is 218 g/mol. The third kappa shape index (κ3) is 2.35. The smallest absolute Gasteiger partial charge is 0.323 e. The van der Waals surface area contributed by atoms with Crippen LogP contribution in [0.1, 0.15) is 0 Å². The van der Waals surface area contributed by atoms with E-state index < -0.39 is 5.97 Å². The maximum Gasteiger partial charge on any atom is 0.323 e. The Balaban J connectivity index is 2.04. The molecule has 2 rings (SSSR count). The highest BCUT2D eigenvalue weighted by atomic mass is 16.4. The predicted octanol–water partition coefficient (Wildman–Crippen LogP) is 0.626. The lowest BCUT2D eigenvalue weighted by molar-refractivity contribution is -0.137. The Bertz CT molecular complexity index is 416. The average Bonchev–Trinajstić information content (AvgIpc) is 2.30. The van der Waals surface area contributed by atoms with Crippen LogP contribution in [0.5, 0.6) is 0 Å². The van der Waals surface area contributed by atoms with Gasteiger partial charge in [0.25, 0.3) is 0 Å². The molecule has 0 bridgehead atoms. The highest BCUT2D eigenvalue weighted by Gasteiger charge is 2.08. The normalized spacial score (nSPS) is 14.2. The minimum atomic E-state index is -0.873. The number of hydrogen-bond acceptors (Lipinski definition) is 5. The van der Waals surface area contributed by atoms with Gasteiger partial charge in [0.1, 0.15) is 6.54 Å². The van der Waals surface area contributed by atoms with E-state index in [2.05, 4.69) is 9.97 Å². The molecule has 0 unspecified atom stereocenters.